The van der Waals surface area contributed by atoms with Gasteiger partial charge in [-0.25, -0.2) is 9.48 Å². The summed E-state index contributed by atoms with van der Waals surface area (Å²) in [5, 5.41) is 13.6. The van der Waals surface area contributed by atoms with E-state index in [-0.39, 0.29) is 29.8 Å². The van der Waals surface area contributed by atoms with Crippen molar-refractivity contribution in [2.75, 3.05) is 0 Å². The Morgan fingerprint density at radius 3 is 1.92 bits per heavy atom. The lowest BCUT2D eigenvalue weighted by Crippen LogP contribution is -2.31. The third kappa shape index (κ3) is 5.25. The number of nitrogens with zero attached hydrogens (tertiary/aromatic N) is 2. The van der Waals surface area contributed by atoms with Gasteiger partial charge < -0.3 is 5.11 Å². The molecule has 0 unspecified atom stereocenters. The summed E-state index contributed by atoms with van der Waals surface area (Å²) in [6.07, 6.45) is -4.74. The van der Waals surface area contributed by atoms with Gasteiger partial charge in [0.05, 0.1) is 22.5 Å². The Balaban J connectivity index is 1.95. The van der Waals surface area contributed by atoms with Gasteiger partial charge in [-0.3, -0.25) is 9.59 Å². The van der Waals surface area contributed by atoms with E-state index >= 15 is 0 Å². The van der Waals surface area contributed by atoms with Gasteiger partial charge in [-0.15, -0.1) is 0 Å². The summed E-state index contributed by atoms with van der Waals surface area (Å²) in [5.74, 6) is -2.27. The minimum Gasteiger partial charge on any atom is -0.476 e. The molecule has 3 aromatic carbocycles. The van der Waals surface area contributed by atoms with Crippen LogP contribution in [0.15, 0.2) is 89.7 Å². The van der Waals surface area contributed by atoms with Gasteiger partial charge in [0.1, 0.15) is 0 Å². The van der Waals surface area contributed by atoms with Crippen LogP contribution in [0.4, 0.5) is 13.2 Å². The van der Waals surface area contributed by atoms with Crippen LogP contribution < -0.4 is 5.43 Å². The number of halogens is 3. The largest absolute Gasteiger partial charge is 0.476 e. The second-order valence-electron chi connectivity index (χ2n) is 8.01. The molecule has 0 aliphatic rings. The molecule has 0 spiro atoms. The number of Topliss-reactive ketones (excluding diaryl/α,β-unsaturated/α-hetero) is 1. The molecule has 0 saturated carbocycles. The lowest BCUT2D eigenvalue weighted by atomic mass is 9.97. The molecule has 1 N–H and O–H groups in total. The van der Waals surface area contributed by atoms with Crippen molar-refractivity contribution in [3.8, 4) is 5.69 Å². The van der Waals surface area contributed by atoms with Crippen LogP contribution in [0.5, 0.6) is 0 Å². The standard InChI is InChI=1S/C27H19F3N2O4/c28-27(29,30)19-11-13-20(14-12-19)32-21(15-17-7-3-1-4-8-17)23(25(34)24(31-32)26(35)36)22(33)16-18-9-5-2-6-10-18/h1-14H,15-16H2,(H,35,36). The second kappa shape index (κ2) is 9.99. The maximum atomic E-state index is 13.4. The predicted molar refractivity (Wildman–Crippen MR) is 126 cm³/mol. The zero-order valence-electron chi connectivity index (χ0n) is 18.7. The maximum Gasteiger partial charge on any atom is 0.416 e. The number of benzene rings is 3. The number of rotatable bonds is 7. The summed E-state index contributed by atoms with van der Waals surface area (Å²) in [6, 6.07) is 21.3. The quantitative estimate of drug-likeness (QED) is 0.368. The van der Waals surface area contributed by atoms with Gasteiger partial charge in [0.15, 0.2) is 5.78 Å². The molecular weight excluding hydrogens is 473 g/mol. The topological polar surface area (TPSA) is 89.3 Å². The third-order valence-electron chi connectivity index (χ3n) is 5.53. The molecule has 0 fully saturated rings. The van der Waals surface area contributed by atoms with E-state index in [4.69, 9.17) is 0 Å². The molecular formula is C27H19F3N2O4. The summed E-state index contributed by atoms with van der Waals surface area (Å²) in [5.41, 5.74) is -1.76. The van der Waals surface area contributed by atoms with Gasteiger partial charge >= 0.3 is 12.1 Å². The maximum absolute atomic E-state index is 13.4. The smallest absolute Gasteiger partial charge is 0.416 e. The van der Waals surface area contributed by atoms with Crippen LogP contribution in [-0.2, 0) is 19.0 Å². The van der Waals surface area contributed by atoms with E-state index in [1.165, 1.54) is 0 Å². The summed E-state index contributed by atoms with van der Waals surface area (Å²) in [6.45, 7) is 0. The van der Waals surface area contributed by atoms with Crippen LogP contribution in [-0.4, -0.2) is 26.6 Å². The molecule has 0 saturated heterocycles. The van der Waals surface area contributed by atoms with Crippen LogP contribution in [0.3, 0.4) is 0 Å². The van der Waals surface area contributed by atoms with Crippen LogP contribution in [0.25, 0.3) is 5.69 Å². The van der Waals surface area contributed by atoms with Crippen molar-refractivity contribution in [1.82, 2.24) is 9.78 Å². The number of aromatic nitrogens is 2. The molecule has 0 amide bonds. The number of alkyl halides is 3. The first kappa shape index (κ1) is 24.6. The minimum atomic E-state index is -4.58. The van der Waals surface area contributed by atoms with Crippen molar-refractivity contribution >= 4 is 11.8 Å². The highest BCUT2D eigenvalue weighted by molar-refractivity contribution is 6.00. The number of hydrogen-bond donors (Lipinski definition) is 1. The van der Waals surface area contributed by atoms with Crippen molar-refractivity contribution in [2.24, 2.45) is 0 Å². The Hall–Kier alpha value is -4.53. The lowest BCUT2D eigenvalue weighted by Gasteiger charge is -2.18. The molecule has 0 radical (unpaired) electrons. The van der Waals surface area contributed by atoms with Crippen molar-refractivity contribution in [1.29, 1.82) is 0 Å². The van der Waals surface area contributed by atoms with E-state index in [1.807, 2.05) is 0 Å². The Kier molecular flexibility index (Phi) is 6.82. The first-order valence-corrected chi connectivity index (χ1v) is 10.8. The number of carboxylic acids is 1. The highest BCUT2D eigenvalue weighted by atomic mass is 19.4. The first-order chi connectivity index (χ1) is 17.1. The normalized spacial score (nSPS) is 11.3. The van der Waals surface area contributed by atoms with Crippen LogP contribution in [0.1, 0.15) is 43.2 Å². The average Bonchev–Trinajstić information content (AvgIpc) is 2.85. The third-order valence-corrected chi connectivity index (χ3v) is 5.53. The van der Waals surface area contributed by atoms with Crippen molar-refractivity contribution in [2.45, 2.75) is 19.0 Å². The molecule has 0 bridgehead atoms. The average molecular weight is 492 g/mol. The fourth-order valence-corrected chi connectivity index (χ4v) is 3.82. The Labute approximate surface area is 203 Å². The molecule has 6 nitrogen and oxygen atoms in total. The Morgan fingerprint density at radius 2 is 1.39 bits per heavy atom. The van der Waals surface area contributed by atoms with Gasteiger partial charge in [-0.1, -0.05) is 60.7 Å². The second-order valence-corrected chi connectivity index (χ2v) is 8.01. The SMILES string of the molecule is O=C(O)c1nn(-c2ccc(C(F)(F)F)cc2)c(Cc2ccccc2)c(C(=O)Cc2ccccc2)c1=O. The van der Waals surface area contributed by atoms with Crippen molar-refractivity contribution in [3.05, 3.63) is 129 Å². The van der Waals surface area contributed by atoms with E-state index in [0.717, 1.165) is 28.9 Å². The molecule has 9 heteroatoms. The van der Waals surface area contributed by atoms with E-state index in [9.17, 15) is 32.7 Å². The lowest BCUT2D eigenvalue weighted by molar-refractivity contribution is -0.137. The Morgan fingerprint density at radius 1 is 0.833 bits per heavy atom. The zero-order chi connectivity index (χ0) is 25.9. The molecule has 0 aliphatic heterocycles. The van der Waals surface area contributed by atoms with Crippen LogP contribution in [0, 0.1) is 0 Å². The number of ketones is 1. The molecule has 0 atom stereocenters. The molecule has 1 heterocycles. The summed E-state index contributed by atoms with van der Waals surface area (Å²) >= 11 is 0. The molecule has 4 rings (SSSR count). The van der Waals surface area contributed by atoms with Gasteiger partial charge in [-0.05, 0) is 35.4 Å². The van der Waals surface area contributed by atoms with Gasteiger partial charge in [-0.2, -0.15) is 18.3 Å². The molecule has 0 aliphatic carbocycles. The fraction of sp³-hybridized carbons (Fsp3) is 0.111. The van der Waals surface area contributed by atoms with E-state index in [2.05, 4.69) is 5.10 Å². The molecule has 36 heavy (non-hydrogen) atoms. The first-order valence-electron chi connectivity index (χ1n) is 10.8. The number of aromatic carboxylic acids is 1. The summed E-state index contributed by atoms with van der Waals surface area (Å²) in [7, 11) is 0. The Bertz CT molecular complexity index is 1460. The van der Waals surface area contributed by atoms with E-state index < -0.39 is 34.6 Å². The predicted octanol–water partition coefficient (Wildman–Crippen LogP) is 4.97. The zero-order valence-corrected chi connectivity index (χ0v) is 18.7. The van der Waals surface area contributed by atoms with Gasteiger partial charge in [0.25, 0.3) is 0 Å². The molecule has 182 valence electrons. The van der Waals surface area contributed by atoms with Crippen LogP contribution in [0.2, 0.25) is 0 Å². The van der Waals surface area contributed by atoms with Crippen LogP contribution >= 0.6 is 0 Å². The summed E-state index contributed by atoms with van der Waals surface area (Å²) in [4.78, 5) is 38.5. The number of carbonyl (C=O) groups is 2. The number of hydrogen-bond acceptors (Lipinski definition) is 4. The van der Waals surface area contributed by atoms with E-state index in [0.29, 0.717) is 11.1 Å². The summed E-state index contributed by atoms with van der Waals surface area (Å²) < 4.78 is 40.4. The number of carboxylic acid groups (broad SMARTS) is 1. The number of carbonyl (C=O) groups excluding carboxylic acids is 1. The minimum absolute atomic E-state index is 0.0138. The highest BCUT2D eigenvalue weighted by Gasteiger charge is 2.31. The van der Waals surface area contributed by atoms with Crippen molar-refractivity contribution in [3.63, 3.8) is 0 Å². The molecule has 4 aromatic rings. The highest BCUT2D eigenvalue weighted by Crippen LogP contribution is 2.30. The van der Waals surface area contributed by atoms with Crippen molar-refractivity contribution < 1.29 is 27.9 Å². The van der Waals surface area contributed by atoms with E-state index in [1.54, 1.807) is 60.7 Å². The fourth-order valence-electron chi connectivity index (χ4n) is 3.82. The monoisotopic (exact) mass is 492 g/mol. The molecule has 1 aromatic heterocycles. The van der Waals surface area contributed by atoms with Gasteiger partial charge in [0.2, 0.25) is 11.1 Å². The van der Waals surface area contributed by atoms with Gasteiger partial charge in [0, 0.05) is 12.8 Å².